The van der Waals surface area contributed by atoms with Crippen LogP contribution in [0.4, 0.5) is 0 Å². The molecule has 0 spiro atoms. The number of benzene rings is 1. The molecule has 1 aromatic rings. The van der Waals surface area contributed by atoms with Crippen LogP contribution >= 0.6 is 15.9 Å². The molecular weight excluding hydrogens is 526 g/mol. The Bertz CT molecular complexity index is 1160. The number of likely N-dealkylation sites (tertiary alicyclic amines) is 1. The zero-order valence-corrected chi connectivity index (χ0v) is 21.6. The van der Waals surface area contributed by atoms with Crippen LogP contribution in [0.2, 0.25) is 0 Å². The van der Waals surface area contributed by atoms with E-state index in [1.807, 2.05) is 24.4 Å². The Morgan fingerprint density at radius 2 is 1.92 bits per heavy atom. The molecule has 2 saturated heterocycles. The largest absolute Gasteiger partial charge is 0.489 e. The van der Waals surface area contributed by atoms with Gasteiger partial charge in [0, 0.05) is 54.3 Å². The quantitative estimate of drug-likeness (QED) is 0.540. The summed E-state index contributed by atoms with van der Waals surface area (Å²) in [6.07, 6.45) is 7.20. The van der Waals surface area contributed by atoms with Crippen molar-refractivity contribution in [1.82, 2.24) is 20.4 Å². The van der Waals surface area contributed by atoms with E-state index in [2.05, 4.69) is 36.5 Å². The Hall–Kier alpha value is -2.72. The molecule has 4 heterocycles. The summed E-state index contributed by atoms with van der Waals surface area (Å²) in [4.78, 5) is 45.6. The molecule has 0 radical (unpaired) electrons. The summed E-state index contributed by atoms with van der Waals surface area (Å²) < 4.78 is 7.61. The molecule has 6 rings (SSSR count). The number of ether oxygens (including phenoxy) is 1. The fraction of sp³-hybridized carbons (Fsp3) is 0.538. The van der Waals surface area contributed by atoms with E-state index in [1.165, 1.54) is 6.42 Å². The van der Waals surface area contributed by atoms with Gasteiger partial charge in [0.25, 0.3) is 5.91 Å². The van der Waals surface area contributed by atoms with Crippen LogP contribution in [0.5, 0.6) is 5.75 Å². The van der Waals surface area contributed by atoms with Crippen molar-refractivity contribution in [3.63, 3.8) is 0 Å². The van der Waals surface area contributed by atoms with E-state index in [1.54, 1.807) is 4.90 Å². The number of nitrogens with zero attached hydrogens (tertiary/aromatic N) is 3. The minimum atomic E-state index is -0.603. The van der Waals surface area contributed by atoms with Gasteiger partial charge in [-0.1, -0.05) is 22.4 Å². The molecule has 1 aliphatic carbocycles. The molecule has 2 N–H and O–H groups in total. The summed E-state index contributed by atoms with van der Waals surface area (Å²) in [6, 6.07) is 5.41. The highest BCUT2D eigenvalue weighted by Gasteiger charge is 2.42. The Labute approximate surface area is 218 Å². The standard InChI is InChI=1S/C26H30BrN5O4/c27-17-10-28-24(29-11-17)16-12-31(13-16)20-3-1-2-4-22(20)36-18-5-6-19-15(9-18)14-32(26(19)35)21-7-8-23(33)30-25(21)34/h5-6,9-10,16,20-22H,1-4,7-8,11-14H2,(H,28,29)(H,30,33,34)/t20-,21+,22-/m0/s1. The van der Waals surface area contributed by atoms with Crippen LogP contribution in [0, 0.1) is 5.92 Å². The number of amides is 3. The van der Waals surface area contributed by atoms with Gasteiger partial charge in [0.1, 0.15) is 23.7 Å². The minimum absolute atomic E-state index is 0.108. The molecule has 10 heteroatoms. The monoisotopic (exact) mass is 555 g/mol. The number of carbonyl (C=O) groups excluding carboxylic acids is 3. The molecule has 1 aromatic carbocycles. The number of rotatable bonds is 5. The van der Waals surface area contributed by atoms with E-state index < -0.39 is 6.04 Å². The van der Waals surface area contributed by atoms with E-state index in [0.29, 0.717) is 37.0 Å². The van der Waals surface area contributed by atoms with Gasteiger partial charge < -0.3 is 15.0 Å². The Balaban J connectivity index is 1.10. The average Bonchev–Trinajstić information content (AvgIpc) is 3.16. The number of carbonyl (C=O) groups is 3. The number of halogens is 1. The van der Waals surface area contributed by atoms with Crippen molar-refractivity contribution < 1.29 is 19.1 Å². The maximum absolute atomic E-state index is 13.0. The van der Waals surface area contributed by atoms with Gasteiger partial charge in [-0.3, -0.25) is 29.6 Å². The Kier molecular flexibility index (Phi) is 6.33. The van der Waals surface area contributed by atoms with Gasteiger partial charge in [-0.05, 0) is 49.4 Å². The summed E-state index contributed by atoms with van der Waals surface area (Å²) in [5, 5.41) is 5.67. The molecule has 3 atom stereocenters. The Morgan fingerprint density at radius 1 is 1.08 bits per heavy atom. The van der Waals surface area contributed by atoms with Gasteiger partial charge in [0.2, 0.25) is 11.8 Å². The van der Waals surface area contributed by atoms with Crippen molar-refractivity contribution in [2.75, 3.05) is 19.6 Å². The van der Waals surface area contributed by atoms with E-state index in [-0.39, 0.29) is 30.2 Å². The van der Waals surface area contributed by atoms with Crippen LogP contribution in [0.15, 0.2) is 33.9 Å². The van der Waals surface area contributed by atoms with Crippen molar-refractivity contribution in [2.24, 2.45) is 10.9 Å². The first-order chi connectivity index (χ1) is 17.5. The topological polar surface area (TPSA) is 103 Å². The van der Waals surface area contributed by atoms with Gasteiger partial charge in [0.05, 0.1) is 6.54 Å². The summed E-state index contributed by atoms with van der Waals surface area (Å²) in [5.74, 6) is 1.46. The highest BCUT2D eigenvalue weighted by molar-refractivity contribution is 9.11. The predicted molar refractivity (Wildman–Crippen MR) is 137 cm³/mol. The van der Waals surface area contributed by atoms with Crippen molar-refractivity contribution in [3.8, 4) is 5.75 Å². The summed E-state index contributed by atoms with van der Waals surface area (Å²) in [5.41, 5.74) is 1.48. The number of nitrogens with one attached hydrogen (secondary N) is 2. The lowest BCUT2D eigenvalue weighted by Gasteiger charge is -2.48. The maximum Gasteiger partial charge on any atom is 0.255 e. The van der Waals surface area contributed by atoms with Crippen LogP contribution in [-0.2, 0) is 16.1 Å². The number of piperidine rings is 1. The lowest BCUT2D eigenvalue weighted by molar-refractivity contribution is -0.136. The van der Waals surface area contributed by atoms with Gasteiger partial charge in [-0.2, -0.15) is 0 Å². The molecule has 5 aliphatic rings. The van der Waals surface area contributed by atoms with Crippen LogP contribution in [0.1, 0.15) is 54.4 Å². The zero-order chi connectivity index (χ0) is 24.8. The number of hydrogen-bond acceptors (Lipinski definition) is 7. The number of fused-ring (bicyclic) bond motifs is 1. The van der Waals surface area contributed by atoms with Crippen LogP contribution in [-0.4, -0.2) is 71.2 Å². The fourth-order valence-corrected chi connectivity index (χ4v) is 6.28. The molecule has 1 saturated carbocycles. The molecule has 0 unspecified atom stereocenters. The maximum atomic E-state index is 13.0. The molecule has 0 bridgehead atoms. The van der Waals surface area contributed by atoms with Gasteiger partial charge >= 0.3 is 0 Å². The summed E-state index contributed by atoms with van der Waals surface area (Å²) >= 11 is 3.48. The second-order valence-corrected chi connectivity index (χ2v) is 11.3. The first-order valence-corrected chi connectivity index (χ1v) is 13.6. The molecule has 36 heavy (non-hydrogen) atoms. The summed E-state index contributed by atoms with van der Waals surface area (Å²) in [7, 11) is 0. The van der Waals surface area contributed by atoms with Gasteiger partial charge in [-0.15, -0.1) is 0 Å². The second-order valence-electron chi connectivity index (χ2n) is 10.3. The number of amidine groups is 1. The minimum Gasteiger partial charge on any atom is -0.489 e. The molecule has 9 nitrogen and oxygen atoms in total. The van der Waals surface area contributed by atoms with Gasteiger partial charge in [0.15, 0.2) is 0 Å². The van der Waals surface area contributed by atoms with E-state index in [4.69, 9.17) is 4.74 Å². The highest BCUT2D eigenvalue weighted by Crippen LogP contribution is 2.34. The molecule has 4 aliphatic heterocycles. The number of aliphatic imine (C=N–C) groups is 1. The van der Waals surface area contributed by atoms with Crippen LogP contribution in [0.3, 0.4) is 0 Å². The van der Waals surface area contributed by atoms with Crippen molar-refractivity contribution >= 4 is 39.5 Å². The number of hydrogen-bond donors (Lipinski definition) is 2. The van der Waals surface area contributed by atoms with Crippen molar-refractivity contribution in [2.45, 2.75) is 63.3 Å². The van der Waals surface area contributed by atoms with Gasteiger partial charge in [-0.25, -0.2) is 0 Å². The van der Waals surface area contributed by atoms with Crippen LogP contribution < -0.4 is 15.4 Å². The van der Waals surface area contributed by atoms with E-state index in [9.17, 15) is 14.4 Å². The summed E-state index contributed by atoms with van der Waals surface area (Å²) in [6.45, 7) is 3.04. The SMILES string of the molecule is O=C1CC[C@@H](N2Cc3cc(O[C@H]4CCCC[C@@H]4N4CC(C5=NCC(Br)=CN5)C4)ccc3C2=O)C(=O)N1. The third-order valence-electron chi connectivity index (χ3n) is 7.99. The molecule has 3 amide bonds. The molecule has 190 valence electrons. The lowest BCUT2D eigenvalue weighted by Crippen LogP contribution is -2.61. The predicted octanol–water partition coefficient (Wildman–Crippen LogP) is 2.31. The highest BCUT2D eigenvalue weighted by atomic mass is 79.9. The third-order valence-corrected chi connectivity index (χ3v) is 8.47. The van der Waals surface area contributed by atoms with Crippen LogP contribution in [0.25, 0.3) is 0 Å². The van der Waals surface area contributed by atoms with E-state index in [0.717, 1.165) is 54.0 Å². The van der Waals surface area contributed by atoms with E-state index >= 15 is 0 Å². The second kappa shape index (κ2) is 9.63. The molecular formula is C26H30BrN5O4. The molecule has 0 aromatic heterocycles. The smallest absolute Gasteiger partial charge is 0.255 e. The first-order valence-electron chi connectivity index (χ1n) is 12.8. The molecule has 3 fully saturated rings. The fourth-order valence-electron chi connectivity index (χ4n) is 6.04. The first kappa shape index (κ1) is 23.7. The van der Waals surface area contributed by atoms with Crippen molar-refractivity contribution in [1.29, 1.82) is 0 Å². The normalized spacial score (nSPS) is 29.1. The Morgan fingerprint density at radius 3 is 2.69 bits per heavy atom. The average molecular weight is 556 g/mol. The van der Waals surface area contributed by atoms with Crippen molar-refractivity contribution in [3.05, 3.63) is 40.0 Å². The zero-order valence-electron chi connectivity index (χ0n) is 20.0. The third kappa shape index (κ3) is 4.45. The lowest BCUT2D eigenvalue weighted by atomic mass is 9.86. The number of imide groups is 1.